The maximum atomic E-state index is 12.7. The number of benzene rings is 2. The molecule has 7 nitrogen and oxygen atoms in total. The van der Waals surface area contributed by atoms with Crippen LogP contribution >= 0.6 is 11.6 Å². The van der Waals surface area contributed by atoms with Crippen molar-refractivity contribution in [2.75, 3.05) is 26.2 Å². The normalized spacial score (nSPS) is 14.7. The van der Waals surface area contributed by atoms with Crippen LogP contribution < -0.4 is 10.1 Å². The minimum atomic E-state index is 0.0544. The summed E-state index contributed by atoms with van der Waals surface area (Å²) in [7, 11) is 0. The lowest BCUT2D eigenvalue weighted by Gasteiger charge is -2.30. The third kappa shape index (κ3) is 7.29. The Morgan fingerprint density at radius 1 is 1.17 bits per heavy atom. The molecule has 1 fully saturated rings. The van der Waals surface area contributed by atoms with Crippen LogP contribution in [0, 0.1) is 5.92 Å². The summed E-state index contributed by atoms with van der Waals surface area (Å²) in [4.78, 5) is 19.4. The Bertz CT molecular complexity index is 1080. The van der Waals surface area contributed by atoms with Crippen molar-refractivity contribution in [2.45, 2.75) is 45.6 Å². The van der Waals surface area contributed by atoms with Crippen LogP contribution in [0.15, 0.2) is 53.1 Å². The molecule has 3 aromatic rings. The number of aryl methyl sites for hydroxylation is 1. The molecule has 4 rings (SSSR count). The molecule has 1 amide bonds. The van der Waals surface area contributed by atoms with Gasteiger partial charge in [-0.15, -0.1) is 0 Å². The van der Waals surface area contributed by atoms with Crippen LogP contribution in [0.3, 0.4) is 0 Å². The van der Waals surface area contributed by atoms with Crippen LogP contribution in [0.4, 0.5) is 0 Å². The Morgan fingerprint density at radius 2 is 1.94 bits per heavy atom. The Hall–Kier alpha value is -2.90. The van der Waals surface area contributed by atoms with E-state index in [0.29, 0.717) is 29.8 Å². The second-order valence-electron chi connectivity index (χ2n) is 8.92. The Balaban J connectivity index is 1.16. The molecule has 1 saturated heterocycles. The molecule has 186 valence electrons. The van der Waals surface area contributed by atoms with E-state index < -0.39 is 0 Å². The van der Waals surface area contributed by atoms with E-state index in [9.17, 15) is 4.79 Å². The molecule has 1 aliphatic heterocycles. The number of hydrogen-bond donors (Lipinski definition) is 1. The highest BCUT2D eigenvalue weighted by atomic mass is 35.5. The zero-order chi connectivity index (χ0) is 24.5. The number of ether oxygens (including phenoxy) is 1. The SMILES string of the molecule is CCCOc1ccccc1CCCNC(=O)C1CCN(Cc2nc(-c3ccc(Cl)cc3)no2)CC1. The second kappa shape index (κ2) is 12.7. The van der Waals surface area contributed by atoms with Crippen LogP contribution in [0.25, 0.3) is 11.4 Å². The number of halogens is 1. The fraction of sp³-hybridized carbons (Fsp3) is 0.444. The van der Waals surface area contributed by atoms with Gasteiger partial charge in [0.1, 0.15) is 5.75 Å². The molecule has 0 spiro atoms. The lowest BCUT2D eigenvalue weighted by Crippen LogP contribution is -2.40. The van der Waals surface area contributed by atoms with E-state index in [-0.39, 0.29) is 11.8 Å². The summed E-state index contributed by atoms with van der Waals surface area (Å²) in [6.07, 6.45) is 4.43. The van der Waals surface area contributed by atoms with E-state index >= 15 is 0 Å². The number of piperidine rings is 1. The fourth-order valence-electron chi connectivity index (χ4n) is 4.28. The van der Waals surface area contributed by atoms with Gasteiger partial charge < -0.3 is 14.6 Å². The number of hydrogen-bond acceptors (Lipinski definition) is 6. The van der Waals surface area contributed by atoms with Crippen molar-refractivity contribution < 1.29 is 14.1 Å². The van der Waals surface area contributed by atoms with E-state index in [1.807, 2.05) is 42.5 Å². The minimum Gasteiger partial charge on any atom is -0.493 e. The zero-order valence-corrected chi connectivity index (χ0v) is 21.0. The number of rotatable bonds is 11. The number of amides is 1. The lowest BCUT2D eigenvalue weighted by molar-refractivity contribution is -0.126. The third-order valence-electron chi connectivity index (χ3n) is 6.24. The van der Waals surface area contributed by atoms with Crippen molar-refractivity contribution in [3.63, 3.8) is 0 Å². The largest absolute Gasteiger partial charge is 0.493 e. The molecule has 1 N–H and O–H groups in total. The molecule has 35 heavy (non-hydrogen) atoms. The van der Waals surface area contributed by atoms with Gasteiger partial charge in [-0.05, 0) is 81.1 Å². The highest BCUT2D eigenvalue weighted by molar-refractivity contribution is 6.30. The number of likely N-dealkylation sites (tertiary alicyclic amines) is 1. The maximum absolute atomic E-state index is 12.7. The molecule has 0 bridgehead atoms. The summed E-state index contributed by atoms with van der Waals surface area (Å²) in [5.41, 5.74) is 2.07. The number of aromatic nitrogens is 2. The van der Waals surface area contributed by atoms with Gasteiger partial charge in [-0.1, -0.05) is 41.9 Å². The van der Waals surface area contributed by atoms with Crippen LogP contribution in [-0.4, -0.2) is 47.2 Å². The Labute approximate surface area is 211 Å². The van der Waals surface area contributed by atoms with E-state index in [1.165, 1.54) is 5.56 Å². The smallest absolute Gasteiger partial charge is 0.241 e. The summed E-state index contributed by atoms with van der Waals surface area (Å²) in [5, 5.41) is 7.88. The molecule has 2 aromatic carbocycles. The van der Waals surface area contributed by atoms with Gasteiger partial charge in [0.2, 0.25) is 17.6 Å². The lowest BCUT2D eigenvalue weighted by atomic mass is 9.96. The van der Waals surface area contributed by atoms with Gasteiger partial charge in [0.15, 0.2) is 0 Å². The quantitative estimate of drug-likeness (QED) is 0.370. The number of nitrogens with one attached hydrogen (secondary N) is 1. The summed E-state index contributed by atoms with van der Waals surface area (Å²) in [5.74, 6) is 2.31. The molecule has 2 heterocycles. The first-order chi connectivity index (χ1) is 17.1. The molecule has 0 aliphatic carbocycles. The summed E-state index contributed by atoms with van der Waals surface area (Å²) < 4.78 is 11.3. The molecular weight excluding hydrogens is 464 g/mol. The van der Waals surface area contributed by atoms with Gasteiger partial charge in [-0.25, -0.2) is 0 Å². The van der Waals surface area contributed by atoms with Gasteiger partial charge in [0.05, 0.1) is 13.2 Å². The van der Waals surface area contributed by atoms with Gasteiger partial charge in [0, 0.05) is 23.0 Å². The summed E-state index contributed by atoms with van der Waals surface area (Å²) in [6.45, 7) is 5.76. The summed E-state index contributed by atoms with van der Waals surface area (Å²) in [6, 6.07) is 15.5. The topological polar surface area (TPSA) is 80.5 Å². The molecule has 1 aliphatic rings. The first kappa shape index (κ1) is 25.2. The summed E-state index contributed by atoms with van der Waals surface area (Å²) >= 11 is 5.94. The second-order valence-corrected chi connectivity index (χ2v) is 9.36. The number of carbonyl (C=O) groups is 1. The van der Waals surface area contributed by atoms with Crippen molar-refractivity contribution in [1.29, 1.82) is 0 Å². The number of carbonyl (C=O) groups excluding carboxylic acids is 1. The van der Waals surface area contributed by atoms with Crippen molar-refractivity contribution >= 4 is 17.5 Å². The van der Waals surface area contributed by atoms with Gasteiger partial charge in [-0.2, -0.15) is 4.98 Å². The average Bonchev–Trinajstić information content (AvgIpc) is 3.35. The van der Waals surface area contributed by atoms with E-state index in [0.717, 1.165) is 63.1 Å². The van der Waals surface area contributed by atoms with Crippen molar-refractivity contribution in [2.24, 2.45) is 5.92 Å². The van der Waals surface area contributed by atoms with E-state index in [1.54, 1.807) is 0 Å². The van der Waals surface area contributed by atoms with Crippen molar-refractivity contribution in [3.05, 3.63) is 65.0 Å². The van der Waals surface area contributed by atoms with Crippen LogP contribution in [0.1, 0.15) is 44.1 Å². The average molecular weight is 497 g/mol. The fourth-order valence-corrected chi connectivity index (χ4v) is 4.40. The first-order valence-corrected chi connectivity index (χ1v) is 12.8. The third-order valence-corrected chi connectivity index (χ3v) is 6.50. The molecule has 0 atom stereocenters. The first-order valence-electron chi connectivity index (χ1n) is 12.4. The number of nitrogens with zero attached hydrogens (tertiary/aromatic N) is 3. The highest BCUT2D eigenvalue weighted by Gasteiger charge is 2.25. The van der Waals surface area contributed by atoms with E-state index in [2.05, 4.69) is 33.3 Å². The van der Waals surface area contributed by atoms with Crippen molar-refractivity contribution in [1.82, 2.24) is 20.4 Å². The van der Waals surface area contributed by atoms with Crippen LogP contribution in [0.2, 0.25) is 5.02 Å². The van der Waals surface area contributed by atoms with Crippen LogP contribution in [-0.2, 0) is 17.8 Å². The molecule has 0 unspecified atom stereocenters. The molecule has 0 radical (unpaired) electrons. The minimum absolute atomic E-state index is 0.0544. The van der Waals surface area contributed by atoms with E-state index in [4.69, 9.17) is 20.9 Å². The Kier molecular flexibility index (Phi) is 9.15. The van der Waals surface area contributed by atoms with Crippen molar-refractivity contribution in [3.8, 4) is 17.1 Å². The zero-order valence-electron chi connectivity index (χ0n) is 20.2. The monoisotopic (exact) mass is 496 g/mol. The predicted molar refractivity (Wildman–Crippen MR) is 136 cm³/mol. The number of para-hydroxylation sites is 1. The van der Waals surface area contributed by atoms with Gasteiger partial charge in [0.25, 0.3) is 0 Å². The highest BCUT2D eigenvalue weighted by Crippen LogP contribution is 2.22. The standard InChI is InChI=1S/C27H33ClN4O3/c1-2-18-34-24-8-4-3-6-20(24)7-5-15-29-27(33)22-13-16-32(17-14-22)19-25-30-26(31-35-25)21-9-11-23(28)12-10-21/h3-4,6,8-12,22H,2,5,7,13-19H2,1H3,(H,29,33). The van der Waals surface area contributed by atoms with Crippen LogP contribution in [0.5, 0.6) is 5.75 Å². The molecule has 1 aromatic heterocycles. The maximum Gasteiger partial charge on any atom is 0.241 e. The predicted octanol–water partition coefficient (Wildman–Crippen LogP) is 5.14. The Morgan fingerprint density at radius 3 is 2.71 bits per heavy atom. The molecular formula is C27H33ClN4O3. The molecule has 0 saturated carbocycles. The molecule has 8 heteroatoms. The van der Waals surface area contributed by atoms with Gasteiger partial charge in [-0.3, -0.25) is 9.69 Å². The van der Waals surface area contributed by atoms with Gasteiger partial charge >= 0.3 is 0 Å².